The lowest BCUT2D eigenvalue weighted by Crippen LogP contribution is -2.33. The van der Waals surface area contributed by atoms with Crippen LogP contribution in [-0.2, 0) is 4.74 Å². The van der Waals surface area contributed by atoms with Crippen molar-refractivity contribution in [1.82, 2.24) is 10.6 Å². The van der Waals surface area contributed by atoms with Gasteiger partial charge in [0.05, 0.1) is 6.10 Å². The van der Waals surface area contributed by atoms with Crippen molar-refractivity contribution in [3.63, 3.8) is 0 Å². The molecular weight excluding hydrogens is 236 g/mol. The summed E-state index contributed by atoms with van der Waals surface area (Å²) in [5.41, 5.74) is 3.08. The molecule has 2 heterocycles. The fourth-order valence-corrected chi connectivity index (χ4v) is 4.08. The minimum Gasteiger partial charge on any atom is -0.377 e. The maximum absolute atomic E-state index is 5.73. The van der Waals surface area contributed by atoms with Crippen LogP contribution in [0.4, 0.5) is 0 Å². The molecule has 0 aromatic heterocycles. The molecule has 4 atom stereocenters. The summed E-state index contributed by atoms with van der Waals surface area (Å²) in [6.07, 6.45) is 2.87. The minimum atomic E-state index is 0.431. The van der Waals surface area contributed by atoms with Gasteiger partial charge in [-0.3, -0.25) is 0 Å². The Balaban J connectivity index is 1.53. The molecule has 3 heteroatoms. The van der Waals surface area contributed by atoms with E-state index in [-0.39, 0.29) is 0 Å². The largest absolute Gasteiger partial charge is 0.377 e. The smallest absolute Gasteiger partial charge is 0.0700 e. The van der Waals surface area contributed by atoms with Gasteiger partial charge in [0.2, 0.25) is 0 Å². The van der Waals surface area contributed by atoms with Gasteiger partial charge in [0, 0.05) is 38.2 Å². The molecule has 102 valence electrons. The normalized spacial score (nSPS) is 36.4. The molecule has 1 aromatic carbocycles. The van der Waals surface area contributed by atoms with Gasteiger partial charge in [0.1, 0.15) is 0 Å². The van der Waals surface area contributed by atoms with Crippen molar-refractivity contribution in [2.75, 3.05) is 26.2 Å². The highest BCUT2D eigenvalue weighted by Gasteiger charge is 2.42. The number of hydrogen-bond donors (Lipinski definition) is 2. The molecule has 2 aliphatic heterocycles. The summed E-state index contributed by atoms with van der Waals surface area (Å²) in [6, 6.07) is 9.49. The highest BCUT2D eigenvalue weighted by Crippen LogP contribution is 2.46. The second kappa shape index (κ2) is 4.89. The standard InChI is InChI=1S/C16H22N2O/c1-2-6-13-12(5-1)14-9-17-10-15(14)16(13)18-8-11-4-3-7-19-11/h1-2,5-6,11,14-18H,3-4,7-10H2/t11-,14-,15-,16-/m0/s1. The Morgan fingerprint density at radius 3 is 2.95 bits per heavy atom. The summed E-state index contributed by atoms with van der Waals surface area (Å²) in [7, 11) is 0. The topological polar surface area (TPSA) is 33.3 Å². The van der Waals surface area contributed by atoms with Crippen molar-refractivity contribution in [2.45, 2.75) is 30.9 Å². The Kier molecular flexibility index (Phi) is 3.06. The molecule has 2 saturated heterocycles. The average molecular weight is 258 g/mol. The van der Waals surface area contributed by atoms with Crippen LogP contribution in [-0.4, -0.2) is 32.3 Å². The average Bonchev–Trinajstić information content (AvgIpc) is 3.14. The van der Waals surface area contributed by atoms with E-state index in [4.69, 9.17) is 4.74 Å². The van der Waals surface area contributed by atoms with Gasteiger partial charge < -0.3 is 15.4 Å². The van der Waals surface area contributed by atoms with E-state index in [0.29, 0.717) is 18.1 Å². The number of hydrogen-bond acceptors (Lipinski definition) is 3. The molecule has 0 radical (unpaired) electrons. The SMILES string of the molecule is c1ccc2c(c1)[C@@H]1CNC[C@@H]1[C@H]2NC[C@@H]1CCCO1. The number of rotatable bonds is 3. The third-order valence-electron chi connectivity index (χ3n) is 5.01. The van der Waals surface area contributed by atoms with E-state index in [1.54, 1.807) is 5.56 Å². The van der Waals surface area contributed by atoms with Crippen LogP contribution in [0.1, 0.15) is 35.9 Å². The third kappa shape index (κ3) is 2.00. The predicted octanol–water partition coefficient (Wildman–Crippen LogP) is 1.81. The molecule has 0 amide bonds. The van der Waals surface area contributed by atoms with Crippen LogP contribution < -0.4 is 10.6 Å². The molecule has 3 aliphatic rings. The fraction of sp³-hybridized carbons (Fsp3) is 0.625. The first kappa shape index (κ1) is 11.9. The maximum Gasteiger partial charge on any atom is 0.0700 e. The molecule has 1 aliphatic carbocycles. The third-order valence-corrected chi connectivity index (χ3v) is 5.01. The molecule has 0 spiro atoms. The van der Waals surface area contributed by atoms with E-state index in [0.717, 1.165) is 32.2 Å². The highest BCUT2D eigenvalue weighted by atomic mass is 16.5. The van der Waals surface area contributed by atoms with E-state index in [1.807, 2.05) is 0 Å². The van der Waals surface area contributed by atoms with Gasteiger partial charge in [-0.1, -0.05) is 24.3 Å². The zero-order valence-electron chi connectivity index (χ0n) is 11.3. The molecule has 0 saturated carbocycles. The van der Waals surface area contributed by atoms with E-state index in [2.05, 4.69) is 34.9 Å². The van der Waals surface area contributed by atoms with Crippen molar-refractivity contribution in [3.8, 4) is 0 Å². The zero-order chi connectivity index (χ0) is 12.7. The van der Waals surface area contributed by atoms with Gasteiger partial charge in [-0.05, 0) is 29.9 Å². The van der Waals surface area contributed by atoms with Crippen LogP contribution in [0.15, 0.2) is 24.3 Å². The van der Waals surface area contributed by atoms with Crippen molar-refractivity contribution in [3.05, 3.63) is 35.4 Å². The Bertz CT molecular complexity index is 456. The number of ether oxygens (including phenoxy) is 1. The van der Waals surface area contributed by atoms with Gasteiger partial charge >= 0.3 is 0 Å². The van der Waals surface area contributed by atoms with E-state index >= 15 is 0 Å². The van der Waals surface area contributed by atoms with E-state index in [9.17, 15) is 0 Å². The van der Waals surface area contributed by atoms with E-state index < -0.39 is 0 Å². The highest BCUT2D eigenvalue weighted by molar-refractivity contribution is 5.41. The van der Waals surface area contributed by atoms with Gasteiger partial charge in [0.25, 0.3) is 0 Å². The molecule has 0 bridgehead atoms. The molecule has 1 aromatic rings. The van der Waals surface area contributed by atoms with E-state index in [1.165, 1.54) is 18.4 Å². The lowest BCUT2D eigenvalue weighted by molar-refractivity contribution is 0.105. The van der Waals surface area contributed by atoms with Crippen LogP contribution >= 0.6 is 0 Å². The summed E-state index contributed by atoms with van der Waals surface area (Å²) >= 11 is 0. The summed E-state index contributed by atoms with van der Waals surface area (Å²) in [4.78, 5) is 0. The van der Waals surface area contributed by atoms with Crippen molar-refractivity contribution < 1.29 is 4.74 Å². The first-order valence-electron chi connectivity index (χ1n) is 7.58. The summed E-state index contributed by atoms with van der Waals surface area (Å²) in [6.45, 7) is 4.23. The lowest BCUT2D eigenvalue weighted by Gasteiger charge is -2.22. The monoisotopic (exact) mass is 258 g/mol. The predicted molar refractivity (Wildman–Crippen MR) is 75.3 cm³/mol. The Hall–Kier alpha value is -0.900. The van der Waals surface area contributed by atoms with Gasteiger partial charge in [-0.25, -0.2) is 0 Å². The van der Waals surface area contributed by atoms with Crippen LogP contribution in [0.5, 0.6) is 0 Å². The maximum atomic E-state index is 5.73. The summed E-state index contributed by atoms with van der Waals surface area (Å²) < 4.78 is 5.73. The number of nitrogens with one attached hydrogen (secondary N) is 2. The molecule has 3 nitrogen and oxygen atoms in total. The second-order valence-corrected chi connectivity index (χ2v) is 6.08. The first-order chi connectivity index (χ1) is 9.43. The fourth-order valence-electron chi connectivity index (χ4n) is 4.08. The van der Waals surface area contributed by atoms with Gasteiger partial charge in [-0.15, -0.1) is 0 Å². The number of benzene rings is 1. The molecule has 4 rings (SSSR count). The van der Waals surface area contributed by atoms with Crippen molar-refractivity contribution >= 4 is 0 Å². The lowest BCUT2D eigenvalue weighted by atomic mass is 9.94. The summed E-state index contributed by atoms with van der Waals surface area (Å²) in [5.74, 6) is 1.43. The Morgan fingerprint density at radius 1 is 1.21 bits per heavy atom. The molecule has 19 heavy (non-hydrogen) atoms. The van der Waals surface area contributed by atoms with Crippen molar-refractivity contribution in [1.29, 1.82) is 0 Å². The quantitative estimate of drug-likeness (QED) is 0.867. The number of fused-ring (bicyclic) bond motifs is 3. The minimum absolute atomic E-state index is 0.431. The van der Waals surface area contributed by atoms with Crippen LogP contribution in [0, 0.1) is 5.92 Å². The zero-order valence-corrected chi connectivity index (χ0v) is 11.3. The molecule has 2 fully saturated rings. The van der Waals surface area contributed by atoms with Gasteiger partial charge in [0.15, 0.2) is 0 Å². The van der Waals surface area contributed by atoms with Crippen molar-refractivity contribution in [2.24, 2.45) is 5.92 Å². The first-order valence-corrected chi connectivity index (χ1v) is 7.58. The van der Waals surface area contributed by atoms with Crippen LogP contribution in [0.25, 0.3) is 0 Å². The Morgan fingerprint density at radius 2 is 2.11 bits per heavy atom. The molecular formula is C16H22N2O. The molecule has 0 unspecified atom stereocenters. The van der Waals surface area contributed by atoms with Crippen LogP contribution in [0.2, 0.25) is 0 Å². The second-order valence-electron chi connectivity index (χ2n) is 6.08. The Labute approximate surface area is 114 Å². The van der Waals surface area contributed by atoms with Crippen LogP contribution in [0.3, 0.4) is 0 Å². The molecule has 2 N–H and O–H groups in total. The van der Waals surface area contributed by atoms with Gasteiger partial charge in [-0.2, -0.15) is 0 Å². The summed E-state index contributed by atoms with van der Waals surface area (Å²) in [5, 5.41) is 7.34.